The molecule has 150 valence electrons. The summed E-state index contributed by atoms with van der Waals surface area (Å²) in [5.41, 5.74) is 3.13. The maximum absolute atomic E-state index is 13.2. The largest absolute Gasteiger partial charge is 0.354 e. The summed E-state index contributed by atoms with van der Waals surface area (Å²) >= 11 is 0. The van der Waals surface area contributed by atoms with E-state index in [0.717, 1.165) is 29.5 Å². The van der Waals surface area contributed by atoms with Crippen LogP contribution in [-0.2, 0) is 22.6 Å². The first-order valence-corrected chi connectivity index (χ1v) is 10.2. The molecule has 2 rings (SSSR count). The van der Waals surface area contributed by atoms with Gasteiger partial charge in [0.2, 0.25) is 11.8 Å². The van der Waals surface area contributed by atoms with Crippen LogP contribution >= 0.6 is 0 Å². The van der Waals surface area contributed by atoms with Gasteiger partial charge >= 0.3 is 0 Å². The second-order valence-corrected chi connectivity index (χ2v) is 7.24. The number of hydrogen-bond donors (Lipinski definition) is 1. The maximum Gasteiger partial charge on any atom is 0.242 e. The van der Waals surface area contributed by atoms with Gasteiger partial charge in [0.05, 0.1) is 6.42 Å². The fourth-order valence-electron chi connectivity index (χ4n) is 3.30. The van der Waals surface area contributed by atoms with Crippen LogP contribution in [-0.4, -0.2) is 29.3 Å². The third kappa shape index (κ3) is 6.52. The van der Waals surface area contributed by atoms with E-state index in [9.17, 15) is 9.59 Å². The topological polar surface area (TPSA) is 49.4 Å². The summed E-state index contributed by atoms with van der Waals surface area (Å²) in [6, 6.07) is 17.4. The number of nitrogens with zero attached hydrogens (tertiary/aromatic N) is 1. The van der Waals surface area contributed by atoms with Crippen molar-refractivity contribution >= 4 is 11.8 Å². The average molecular weight is 381 g/mol. The van der Waals surface area contributed by atoms with Crippen molar-refractivity contribution in [3.05, 3.63) is 71.3 Å². The Kier molecular flexibility index (Phi) is 8.73. The summed E-state index contributed by atoms with van der Waals surface area (Å²) in [5, 5.41) is 3.00. The minimum Gasteiger partial charge on any atom is -0.354 e. The minimum absolute atomic E-state index is 0.0213. The second-order valence-electron chi connectivity index (χ2n) is 7.24. The molecule has 2 aromatic rings. The SMILES string of the molecule is CCCCNC(=O)[C@H](CC)N(Cc1ccccc1)C(=O)Cc1cccc(C)c1. The van der Waals surface area contributed by atoms with E-state index in [4.69, 9.17) is 0 Å². The number of carbonyl (C=O) groups excluding carboxylic acids is 2. The molecule has 28 heavy (non-hydrogen) atoms. The van der Waals surface area contributed by atoms with Gasteiger partial charge in [0, 0.05) is 13.1 Å². The molecule has 2 amide bonds. The van der Waals surface area contributed by atoms with Crippen molar-refractivity contribution in [3.8, 4) is 0 Å². The highest BCUT2D eigenvalue weighted by molar-refractivity contribution is 5.88. The van der Waals surface area contributed by atoms with Crippen LogP contribution < -0.4 is 5.32 Å². The summed E-state index contributed by atoms with van der Waals surface area (Å²) in [6.07, 6.45) is 2.85. The van der Waals surface area contributed by atoms with Gasteiger partial charge in [-0.2, -0.15) is 0 Å². The van der Waals surface area contributed by atoms with Crippen molar-refractivity contribution in [3.63, 3.8) is 0 Å². The van der Waals surface area contributed by atoms with Gasteiger partial charge < -0.3 is 10.2 Å². The quantitative estimate of drug-likeness (QED) is 0.626. The molecule has 0 fully saturated rings. The zero-order valence-corrected chi connectivity index (χ0v) is 17.3. The predicted molar refractivity (Wildman–Crippen MR) is 114 cm³/mol. The van der Waals surface area contributed by atoms with Crippen molar-refractivity contribution in [2.24, 2.45) is 0 Å². The highest BCUT2D eigenvalue weighted by Crippen LogP contribution is 2.15. The van der Waals surface area contributed by atoms with Gasteiger partial charge in [-0.05, 0) is 30.9 Å². The summed E-state index contributed by atoms with van der Waals surface area (Å²) in [6.45, 7) is 7.16. The van der Waals surface area contributed by atoms with Crippen molar-refractivity contribution in [2.45, 2.75) is 59.0 Å². The summed E-state index contributed by atoms with van der Waals surface area (Å²) in [7, 11) is 0. The molecule has 0 spiro atoms. The zero-order valence-electron chi connectivity index (χ0n) is 17.3. The van der Waals surface area contributed by atoms with E-state index in [2.05, 4.69) is 12.2 Å². The maximum atomic E-state index is 13.2. The lowest BCUT2D eigenvalue weighted by Gasteiger charge is -2.31. The number of amides is 2. The molecule has 2 aromatic carbocycles. The molecule has 0 aliphatic heterocycles. The lowest BCUT2D eigenvalue weighted by atomic mass is 10.1. The van der Waals surface area contributed by atoms with Gasteiger partial charge in [-0.1, -0.05) is 80.4 Å². The van der Waals surface area contributed by atoms with E-state index in [-0.39, 0.29) is 11.8 Å². The third-order valence-electron chi connectivity index (χ3n) is 4.85. The summed E-state index contributed by atoms with van der Waals surface area (Å²) in [4.78, 5) is 27.7. The molecule has 0 unspecified atom stereocenters. The Bertz CT molecular complexity index is 758. The van der Waals surface area contributed by atoms with E-state index in [1.165, 1.54) is 0 Å². The van der Waals surface area contributed by atoms with Crippen LogP contribution in [0.2, 0.25) is 0 Å². The third-order valence-corrected chi connectivity index (χ3v) is 4.85. The van der Waals surface area contributed by atoms with Crippen molar-refractivity contribution in [1.29, 1.82) is 0 Å². The molecule has 0 radical (unpaired) electrons. The molecular weight excluding hydrogens is 348 g/mol. The van der Waals surface area contributed by atoms with Gasteiger partial charge in [-0.25, -0.2) is 0 Å². The molecule has 0 aromatic heterocycles. The van der Waals surface area contributed by atoms with Gasteiger partial charge in [-0.3, -0.25) is 9.59 Å². The van der Waals surface area contributed by atoms with Crippen LogP contribution in [0.15, 0.2) is 54.6 Å². The number of rotatable bonds is 10. The minimum atomic E-state index is -0.464. The number of aryl methyl sites for hydroxylation is 1. The Hall–Kier alpha value is -2.62. The molecule has 0 aliphatic carbocycles. The predicted octanol–water partition coefficient (Wildman–Crippen LogP) is 4.26. The normalized spacial score (nSPS) is 11.7. The Morgan fingerprint density at radius 3 is 2.36 bits per heavy atom. The number of hydrogen-bond acceptors (Lipinski definition) is 2. The van der Waals surface area contributed by atoms with E-state index in [1.54, 1.807) is 4.90 Å². The fraction of sp³-hybridized carbons (Fsp3) is 0.417. The van der Waals surface area contributed by atoms with Crippen LogP contribution in [0.5, 0.6) is 0 Å². The molecule has 0 heterocycles. The number of carbonyl (C=O) groups is 2. The molecular formula is C24H32N2O2. The Morgan fingerprint density at radius 2 is 1.71 bits per heavy atom. The first-order valence-electron chi connectivity index (χ1n) is 10.2. The summed E-state index contributed by atoms with van der Waals surface area (Å²) < 4.78 is 0. The lowest BCUT2D eigenvalue weighted by molar-refractivity contribution is -0.140. The number of unbranched alkanes of at least 4 members (excludes halogenated alkanes) is 1. The van der Waals surface area contributed by atoms with Crippen molar-refractivity contribution in [1.82, 2.24) is 10.2 Å². The van der Waals surface area contributed by atoms with Crippen LogP contribution in [0, 0.1) is 6.92 Å². The van der Waals surface area contributed by atoms with Gasteiger partial charge in [0.1, 0.15) is 6.04 Å². The second kappa shape index (κ2) is 11.3. The summed E-state index contributed by atoms with van der Waals surface area (Å²) in [5.74, 6) is -0.0867. The van der Waals surface area contributed by atoms with Crippen LogP contribution in [0.25, 0.3) is 0 Å². The Labute approximate surface area is 169 Å². The first-order chi connectivity index (χ1) is 13.5. The molecule has 0 aliphatic rings. The van der Waals surface area contributed by atoms with Gasteiger partial charge in [0.15, 0.2) is 0 Å². The molecule has 0 saturated carbocycles. The molecule has 4 heteroatoms. The standard InChI is InChI=1S/C24H32N2O2/c1-4-6-15-25-24(28)22(5-2)26(18-20-12-8-7-9-13-20)23(27)17-21-14-10-11-19(3)16-21/h7-14,16,22H,4-6,15,17-18H2,1-3H3,(H,25,28)/t22-/m0/s1. The average Bonchev–Trinajstić information content (AvgIpc) is 2.69. The lowest BCUT2D eigenvalue weighted by Crippen LogP contribution is -2.49. The highest BCUT2D eigenvalue weighted by atomic mass is 16.2. The monoisotopic (exact) mass is 380 g/mol. The van der Waals surface area contributed by atoms with Gasteiger partial charge in [0.25, 0.3) is 0 Å². The Balaban J connectivity index is 2.21. The van der Waals surface area contributed by atoms with Gasteiger partial charge in [-0.15, -0.1) is 0 Å². The molecule has 0 saturated heterocycles. The zero-order chi connectivity index (χ0) is 20.4. The van der Waals surface area contributed by atoms with E-state index >= 15 is 0 Å². The number of benzene rings is 2. The molecule has 1 N–H and O–H groups in total. The molecule has 0 bridgehead atoms. The highest BCUT2D eigenvalue weighted by Gasteiger charge is 2.28. The van der Waals surface area contributed by atoms with Crippen LogP contribution in [0.3, 0.4) is 0 Å². The fourth-order valence-corrected chi connectivity index (χ4v) is 3.30. The van der Waals surface area contributed by atoms with E-state index < -0.39 is 6.04 Å². The van der Waals surface area contributed by atoms with E-state index in [0.29, 0.717) is 25.9 Å². The van der Waals surface area contributed by atoms with E-state index in [1.807, 2.05) is 68.4 Å². The van der Waals surface area contributed by atoms with Crippen LogP contribution in [0.4, 0.5) is 0 Å². The smallest absolute Gasteiger partial charge is 0.242 e. The first kappa shape index (κ1) is 21.7. The molecule has 1 atom stereocenters. The van der Waals surface area contributed by atoms with Crippen molar-refractivity contribution in [2.75, 3.05) is 6.54 Å². The Morgan fingerprint density at radius 1 is 1.00 bits per heavy atom. The van der Waals surface area contributed by atoms with Crippen LogP contribution in [0.1, 0.15) is 49.8 Å². The molecule has 4 nitrogen and oxygen atoms in total. The number of nitrogens with one attached hydrogen (secondary N) is 1. The van der Waals surface area contributed by atoms with Crippen molar-refractivity contribution < 1.29 is 9.59 Å².